The molecule has 1 rings (SSSR count). The van der Waals surface area contributed by atoms with Gasteiger partial charge in [0, 0.05) is 11.1 Å². The molecule has 0 saturated heterocycles. The number of hydrogen-bond donors (Lipinski definition) is 1. The van der Waals surface area contributed by atoms with Gasteiger partial charge in [0.1, 0.15) is 4.99 Å². The molecule has 0 aromatic heterocycles. The Morgan fingerprint density at radius 2 is 1.69 bits per heavy atom. The molecule has 0 saturated carbocycles. The molecule has 0 spiro atoms. The highest BCUT2D eigenvalue weighted by atomic mass is 32.1. The summed E-state index contributed by atoms with van der Waals surface area (Å²) in [5.41, 5.74) is 3.93. The fourth-order valence-corrected chi connectivity index (χ4v) is 1.16. The van der Waals surface area contributed by atoms with E-state index in [0.717, 1.165) is 6.07 Å². The van der Waals surface area contributed by atoms with Crippen molar-refractivity contribution in [3.8, 4) is 0 Å². The maximum atomic E-state index is 12.9. The van der Waals surface area contributed by atoms with Crippen molar-refractivity contribution in [1.82, 2.24) is 0 Å². The van der Waals surface area contributed by atoms with Crippen molar-refractivity contribution in [2.75, 3.05) is 0 Å². The molecule has 1 aromatic carbocycles. The molecule has 0 aliphatic carbocycles. The van der Waals surface area contributed by atoms with Crippen molar-refractivity contribution >= 4 is 17.2 Å². The molecule has 0 bridgehead atoms. The summed E-state index contributed by atoms with van der Waals surface area (Å²) in [6.45, 7) is 0. The third-order valence-electron chi connectivity index (χ3n) is 1.87. The Bertz CT molecular complexity index is 413. The van der Waals surface area contributed by atoms with Crippen molar-refractivity contribution in [2.45, 2.75) is 12.1 Å². The molecule has 0 radical (unpaired) electrons. The zero-order chi connectivity index (χ0) is 12.6. The molecular weight excluding hydrogens is 249 g/mol. The van der Waals surface area contributed by atoms with E-state index in [1.54, 1.807) is 0 Å². The Labute approximate surface area is 93.1 Å². The van der Waals surface area contributed by atoms with Crippen LogP contribution in [-0.2, 0) is 5.92 Å². The summed E-state index contributed by atoms with van der Waals surface area (Å²) >= 11 is 4.49. The minimum absolute atomic E-state index is 0.0311. The predicted molar refractivity (Wildman–Crippen MR) is 52.3 cm³/mol. The van der Waals surface area contributed by atoms with Crippen LogP contribution in [0.25, 0.3) is 0 Å². The topological polar surface area (TPSA) is 26.0 Å². The second kappa shape index (κ2) is 3.97. The quantitative estimate of drug-likeness (QED) is 0.649. The van der Waals surface area contributed by atoms with Gasteiger partial charge in [0.15, 0.2) is 0 Å². The molecular formula is C9H6F5NS. The molecule has 0 heterocycles. The van der Waals surface area contributed by atoms with E-state index in [4.69, 9.17) is 5.73 Å². The van der Waals surface area contributed by atoms with Crippen molar-refractivity contribution in [3.05, 3.63) is 35.4 Å². The van der Waals surface area contributed by atoms with Crippen LogP contribution >= 0.6 is 12.2 Å². The number of hydrogen-bond acceptors (Lipinski definition) is 1. The molecule has 1 aromatic rings. The maximum absolute atomic E-state index is 12.9. The summed E-state index contributed by atoms with van der Waals surface area (Å²) in [7, 11) is 0. The van der Waals surface area contributed by atoms with Gasteiger partial charge in [0.05, 0.1) is 0 Å². The monoisotopic (exact) mass is 255 g/mol. The van der Waals surface area contributed by atoms with Crippen molar-refractivity contribution < 1.29 is 22.0 Å². The molecule has 2 N–H and O–H groups in total. The van der Waals surface area contributed by atoms with E-state index in [-0.39, 0.29) is 10.6 Å². The van der Waals surface area contributed by atoms with Gasteiger partial charge >= 0.3 is 12.1 Å². The largest absolute Gasteiger partial charge is 0.458 e. The standard InChI is InChI=1S/C9H6F5NS/c10-8(11,9(12,13)14)6-3-1-2-5(4-6)7(15)16/h1-4H,(H2,15,16). The number of nitrogens with two attached hydrogens (primary N) is 1. The molecule has 16 heavy (non-hydrogen) atoms. The van der Waals surface area contributed by atoms with Crippen molar-refractivity contribution in [3.63, 3.8) is 0 Å². The van der Waals surface area contributed by atoms with Crippen LogP contribution in [-0.4, -0.2) is 11.2 Å². The number of thiocarbonyl (C=S) groups is 1. The van der Waals surface area contributed by atoms with E-state index in [9.17, 15) is 22.0 Å². The van der Waals surface area contributed by atoms with Crippen LogP contribution in [0.15, 0.2) is 24.3 Å². The molecule has 0 amide bonds. The zero-order valence-corrected chi connectivity index (χ0v) is 8.50. The average molecular weight is 255 g/mol. The fraction of sp³-hybridized carbons (Fsp3) is 0.222. The van der Waals surface area contributed by atoms with Crippen LogP contribution in [0.5, 0.6) is 0 Å². The first kappa shape index (κ1) is 12.8. The van der Waals surface area contributed by atoms with Gasteiger partial charge in [-0.1, -0.05) is 30.4 Å². The van der Waals surface area contributed by atoms with Gasteiger partial charge in [-0.05, 0) is 6.07 Å². The summed E-state index contributed by atoms with van der Waals surface area (Å²) in [4.78, 5) is -0.236. The van der Waals surface area contributed by atoms with Gasteiger partial charge in [0.2, 0.25) is 0 Å². The van der Waals surface area contributed by atoms with E-state index in [2.05, 4.69) is 12.2 Å². The van der Waals surface area contributed by atoms with Crippen molar-refractivity contribution in [1.29, 1.82) is 0 Å². The minimum Gasteiger partial charge on any atom is -0.389 e. The van der Waals surface area contributed by atoms with E-state index in [1.165, 1.54) is 6.07 Å². The highest BCUT2D eigenvalue weighted by molar-refractivity contribution is 7.80. The van der Waals surface area contributed by atoms with Crippen LogP contribution in [0.4, 0.5) is 22.0 Å². The number of halogens is 5. The Kier molecular flexibility index (Phi) is 3.18. The number of benzene rings is 1. The van der Waals surface area contributed by atoms with Crippen LogP contribution in [0, 0.1) is 0 Å². The second-order valence-electron chi connectivity index (χ2n) is 3.02. The summed E-state index contributed by atoms with van der Waals surface area (Å²) in [6, 6.07) is 3.62. The average Bonchev–Trinajstić information content (AvgIpc) is 2.16. The lowest BCUT2D eigenvalue weighted by Gasteiger charge is -2.20. The lowest BCUT2D eigenvalue weighted by Crippen LogP contribution is -2.33. The SMILES string of the molecule is NC(=S)c1cccc(C(F)(F)C(F)(F)F)c1. The molecule has 0 fully saturated rings. The van der Waals surface area contributed by atoms with Gasteiger partial charge in [-0.25, -0.2) is 0 Å². The Hall–Kier alpha value is -1.24. The lowest BCUT2D eigenvalue weighted by atomic mass is 10.0. The highest BCUT2D eigenvalue weighted by Crippen LogP contribution is 2.43. The zero-order valence-electron chi connectivity index (χ0n) is 7.68. The highest BCUT2D eigenvalue weighted by Gasteiger charge is 2.58. The first-order chi connectivity index (χ1) is 7.16. The molecule has 1 nitrogen and oxygen atoms in total. The molecule has 0 aliphatic rings. The molecule has 0 aliphatic heterocycles. The predicted octanol–water partition coefficient (Wildman–Crippen LogP) is 2.97. The van der Waals surface area contributed by atoms with Gasteiger partial charge in [-0.2, -0.15) is 22.0 Å². The summed E-state index contributed by atoms with van der Waals surface area (Å²) in [6.07, 6.45) is -5.64. The van der Waals surface area contributed by atoms with Gasteiger partial charge < -0.3 is 5.73 Å². The van der Waals surface area contributed by atoms with E-state index in [1.807, 2.05) is 0 Å². The van der Waals surface area contributed by atoms with Crippen LogP contribution in [0.2, 0.25) is 0 Å². The maximum Gasteiger partial charge on any atom is 0.458 e. The molecule has 88 valence electrons. The smallest absolute Gasteiger partial charge is 0.389 e. The molecule has 0 unspecified atom stereocenters. The van der Waals surface area contributed by atoms with Crippen LogP contribution in [0.1, 0.15) is 11.1 Å². The van der Waals surface area contributed by atoms with Crippen LogP contribution < -0.4 is 5.73 Å². The van der Waals surface area contributed by atoms with Gasteiger partial charge in [-0.3, -0.25) is 0 Å². The second-order valence-corrected chi connectivity index (χ2v) is 3.46. The molecule has 7 heteroatoms. The number of alkyl halides is 5. The summed E-state index contributed by atoms with van der Waals surface area (Å²) < 4.78 is 61.9. The Balaban J connectivity index is 3.24. The van der Waals surface area contributed by atoms with Crippen LogP contribution in [0.3, 0.4) is 0 Å². The van der Waals surface area contributed by atoms with Crippen molar-refractivity contribution in [2.24, 2.45) is 5.73 Å². The Morgan fingerprint density at radius 1 is 1.12 bits per heavy atom. The molecule has 0 atom stereocenters. The Morgan fingerprint density at radius 3 is 2.12 bits per heavy atom. The first-order valence-corrected chi connectivity index (χ1v) is 4.42. The fourth-order valence-electron chi connectivity index (χ4n) is 1.03. The lowest BCUT2D eigenvalue weighted by molar-refractivity contribution is -0.289. The van der Waals surface area contributed by atoms with E-state index < -0.39 is 17.7 Å². The number of rotatable bonds is 2. The summed E-state index contributed by atoms with van der Waals surface area (Å²) in [5, 5.41) is 0. The summed E-state index contributed by atoms with van der Waals surface area (Å²) in [5.74, 6) is -4.91. The van der Waals surface area contributed by atoms with E-state index in [0.29, 0.717) is 12.1 Å². The van der Waals surface area contributed by atoms with Gasteiger partial charge in [-0.15, -0.1) is 0 Å². The third-order valence-corrected chi connectivity index (χ3v) is 2.10. The normalized spacial score (nSPS) is 12.6. The minimum atomic E-state index is -5.64. The van der Waals surface area contributed by atoms with E-state index >= 15 is 0 Å². The first-order valence-electron chi connectivity index (χ1n) is 4.01. The van der Waals surface area contributed by atoms with Gasteiger partial charge in [0.25, 0.3) is 0 Å². The third kappa shape index (κ3) is 2.29.